The Kier molecular flexibility index (Phi) is 4.95. The lowest BCUT2D eigenvalue weighted by molar-refractivity contribution is -0.128. The van der Waals surface area contributed by atoms with E-state index in [4.69, 9.17) is 0 Å². The zero-order chi connectivity index (χ0) is 19.9. The van der Waals surface area contributed by atoms with Gasteiger partial charge in [0.25, 0.3) is 5.56 Å². The molecule has 3 atom stereocenters. The van der Waals surface area contributed by atoms with E-state index in [1.165, 1.54) is 23.5 Å². The molecular formula is C21H31N3O3. The highest BCUT2D eigenvalue weighted by Crippen LogP contribution is 2.58. The second-order valence-electron chi connectivity index (χ2n) is 9.96. The first-order valence-electron chi connectivity index (χ1n) is 9.76. The fourth-order valence-electron chi connectivity index (χ4n) is 6.41. The van der Waals surface area contributed by atoms with Crippen molar-refractivity contribution < 1.29 is 9.59 Å². The van der Waals surface area contributed by atoms with Crippen LogP contribution in [0.25, 0.3) is 0 Å². The van der Waals surface area contributed by atoms with Gasteiger partial charge in [-0.15, -0.1) is 0 Å². The van der Waals surface area contributed by atoms with Crippen molar-refractivity contribution in [2.45, 2.75) is 71.9 Å². The predicted octanol–water partition coefficient (Wildman–Crippen LogP) is 2.92. The Morgan fingerprint density at radius 3 is 2.70 bits per heavy atom. The summed E-state index contributed by atoms with van der Waals surface area (Å²) < 4.78 is 1.34. The molecule has 1 heterocycles. The molecule has 2 fully saturated rings. The molecule has 2 amide bonds. The van der Waals surface area contributed by atoms with Crippen molar-refractivity contribution in [3.63, 3.8) is 0 Å². The van der Waals surface area contributed by atoms with Crippen molar-refractivity contribution in [2.24, 2.45) is 16.7 Å². The fourth-order valence-corrected chi connectivity index (χ4v) is 6.41. The topological polar surface area (TPSA) is 80.2 Å². The predicted molar refractivity (Wildman–Crippen MR) is 105 cm³/mol. The smallest absolute Gasteiger partial charge is 0.274 e. The van der Waals surface area contributed by atoms with Crippen LogP contribution in [-0.4, -0.2) is 22.4 Å². The number of carbonyl (C=O) groups excluding carboxylic acids is 2. The molecule has 6 heteroatoms. The third-order valence-corrected chi connectivity index (χ3v) is 6.02. The monoisotopic (exact) mass is 373 g/mol. The van der Waals surface area contributed by atoms with E-state index in [1.54, 1.807) is 12.3 Å². The molecule has 2 aliphatic rings. The molecule has 0 aromatic carbocycles. The van der Waals surface area contributed by atoms with Crippen LogP contribution in [0.4, 0.5) is 5.69 Å². The van der Waals surface area contributed by atoms with Crippen LogP contribution in [0, 0.1) is 16.7 Å². The highest BCUT2D eigenvalue weighted by atomic mass is 16.2. The average Bonchev–Trinajstić information content (AvgIpc) is 2.47. The summed E-state index contributed by atoms with van der Waals surface area (Å²) >= 11 is 0. The summed E-state index contributed by atoms with van der Waals surface area (Å²) in [4.78, 5) is 35.8. The van der Waals surface area contributed by atoms with Crippen molar-refractivity contribution in [1.82, 2.24) is 9.88 Å². The van der Waals surface area contributed by atoms with Gasteiger partial charge >= 0.3 is 0 Å². The quantitative estimate of drug-likeness (QED) is 0.779. The number of rotatable bonds is 5. The molecule has 148 valence electrons. The van der Waals surface area contributed by atoms with Gasteiger partial charge in [0.15, 0.2) is 0 Å². The number of aromatic nitrogens is 1. The van der Waals surface area contributed by atoms with Gasteiger partial charge < -0.3 is 15.2 Å². The Labute approximate surface area is 160 Å². The van der Waals surface area contributed by atoms with Gasteiger partial charge in [-0.05, 0) is 61.0 Å². The van der Waals surface area contributed by atoms with Crippen molar-refractivity contribution in [3.05, 3.63) is 28.7 Å². The Morgan fingerprint density at radius 1 is 1.26 bits per heavy atom. The minimum Gasteiger partial charge on any atom is -0.349 e. The van der Waals surface area contributed by atoms with Crippen LogP contribution in [0.5, 0.6) is 0 Å². The molecule has 2 N–H and O–H groups in total. The van der Waals surface area contributed by atoms with Gasteiger partial charge in [0.05, 0.1) is 0 Å². The molecule has 0 radical (unpaired) electrons. The van der Waals surface area contributed by atoms with Crippen LogP contribution >= 0.6 is 0 Å². The first kappa shape index (κ1) is 19.6. The first-order chi connectivity index (χ1) is 12.6. The van der Waals surface area contributed by atoms with Gasteiger partial charge in [0, 0.05) is 11.7 Å². The molecule has 0 aliphatic heterocycles. The minimum absolute atomic E-state index is 0.0412. The molecule has 0 saturated heterocycles. The molecule has 2 saturated carbocycles. The second-order valence-corrected chi connectivity index (χ2v) is 9.96. The zero-order valence-corrected chi connectivity index (χ0v) is 16.8. The fraction of sp³-hybridized carbons (Fsp3) is 0.667. The minimum atomic E-state index is -0.372. The van der Waals surface area contributed by atoms with E-state index in [9.17, 15) is 14.4 Å². The van der Waals surface area contributed by atoms with Gasteiger partial charge in [-0.1, -0.05) is 27.7 Å². The number of carbonyl (C=O) groups is 2. The molecule has 3 rings (SSSR count). The lowest BCUT2D eigenvalue weighted by atomic mass is 9.50. The molecule has 6 nitrogen and oxygen atoms in total. The number of hydrogen-bond donors (Lipinski definition) is 2. The number of pyridine rings is 1. The van der Waals surface area contributed by atoms with Crippen LogP contribution in [-0.2, 0) is 16.1 Å². The van der Waals surface area contributed by atoms with Gasteiger partial charge in [0.1, 0.15) is 12.2 Å². The van der Waals surface area contributed by atoms with Gasteiger partial charge in [0.2, 0.25) is 12.3 Å². The highest BCUT2D eigenvalue weighted by molar-refractivity contribution is 5.77. The van der Waals surface area contributed by atoms with Crippen LogP contribution in [0.2, 0.25) is 0 Å². The van der Waals surface area contributed by atoms with Gasteiger partial charge in [-0.25, -0.2) is 0 Å². The van der Waals surface area contributed by atoms with E-state index in [-0.39, 0.29) is 40.1 Å². The maximum atomic E-state index is 12.9. The molecule has 0 spiro atoms. The molecule has 3 unspecified atom stereocenters. The van der Waals surface area contributed by atoms with E-state index in [0.717, 1.165) is 19.3 Å². The first-order valence-corrected chi connectivity index (χ1v) is 9.76. The summed E-state index contributed by atoms with van der Waals surface area (Å²) in [6, 6.07) is 3.18. The lowest BCUT2D eigenvalue weighted by Gasteiger charge is -2.58. The van der Waals surface area contributed by atoms with Crippen LogP contribution in [0.1, 0.15) is 59.8 Å². The highest BCUT2D eigenvalue weighted by Gasteiger charge is 2.53. The molecular weight excluding hydrogens is 342 g/mol. The summed E-state index contributed by atoms with van der Waals surface area (Å²) in [7, 11) is 0. The Bertz CT molecular complexity index is 796. The summed E-state index contributed by atoms with van der Waals surface area (Å²) in [6.07, 6.45) is 7.38. The molecule has 27 heavy (non-hydrogen) atoms. The van der Waals surface area contributed by atoms with Crippen molar-refractivity contribution in [1.29, 1.82) is 0 Å². The normalized spacial score (nSPS) is 31.8. The number of nitrogens with one attached hydrogen (secondary N) is 2. The standard InChI is InChI=1S/C21H31N3O3/c1-15-8-20(4)11-19(2,3)12-21(9-15,13-20)23-17(26)10-24-7-5-6-16(18(24)27)22-14-25/h5-7,14-15H,8-13H2,1-4H3,(H,22,25)(H,23,26). The average molecular weight is 373 g/mol. The Morgan fingerprint density at radius 2 is 2.00 bits per heavy atom. The second kappa shape index (κ2) is 6.80. The lowest BCUT2D eigenvalue weighted by Crippen LogP contribution is -2.61. The number of nitrogens with zero attached hydrogens (tertiary/aromatic N) is 1. The molecule has 2 aliphatic carbocycles. The molecule has 2 bridgehead atoms. The summed E-state index contributed by atoms with van der Waals surface area (Å²) in [5, 5.41) is 5.69. The van der Waals surface area contributed by atoms with E-state index >= 15 is 0 Å². The SMILES string of the molecule is CC1CC2(C)CC(C)(C)CC(NC(=O)Cn3cccc(NC=O)c3=O)(C1)C2. The Hall–Kier alpha value is -2.11. The van der Waals surface area contributed by atoms with Gasteiger partial charge in [-0.3, -0.25) is 14.4 Å². The Balaban J connectivity index is 1.79. The number of fused-ring (bicyclic) bond motifs is 2. The summed E-state index contributed by atoms with van der Waals surface area (Å²) in [5.74, 6) is 0.428. The van der Waals surface area contributed by atoms with E-state index < -0.39 is 0 Å². The number of anilines is 1. The van der Waals surface area contributed by atoms with Crippen molar-refractivity contribution >= 4 is 18.0 Å². The third-order valence-electron chi connectivity index (χ3n) is 6.02. The number of amides is 2. The van der Waals surface area contributed by atoms with E-state index in [2.05, 4.69) is 38.3 Å². The van der Waals surface area contributed by atoms with E-state index in [1.807, 2.05) is 0 Å². The zero-order valence-electron chi connectivity index (χ0n) is 16.8. The van der Waals surface area contributed by atoms with Crippen LogP contribution < -0.4 is 16.2 Å². The maximum Gasteiger partial charge on any atom is 0.274 e. The maximum absolute atomic E-state index is 12.9. The van der Waals surface area contributed by atoms with E-state index in [0.29, 0.717) is 12.3 Å². The summed E-state index contributed by atoms with van der Waals surface area (Å²) in [6.45, 7) is 9.17. The number of hydrogen-bond acceptors (Lipinski definition) is 3. The molecule has 1 aromatic rings. The van der Waals surface area contributed by atoms with Gasteiger partial charge in [-0.2, -0.15) is 0 Å². The van der Waals surface area contributed by atoms with Crippen molar-refractivity contribution in [3.8, 4) is 0 Å². The third kappa shape index (κ3) is 4.25. The molecule has 1 aromatic heterocycles. The van der Waals surface area contributed by atoms with Crippen LogP contribution in [0.3, 0.4) is 0 Å². The van der Waals surface area contributed by atoms with Crippen molar-refractivity contribution in [2.75, 3.05) is 5.32 Å². The summed E-state index contributed by atoms with van der Waals surface area (Å²) in [5.41, 5.74) is 0.0369. The largest absolute Gasteiger partial charge is 0.349 e. The van der Waals surface area contributed by atoms with Crippen LogP contribution in [0.15, 0.2) is 23.1 Å².